The zero-order valence-electron chi connectivity index (χ0n) is 23.7. The van der Waals surface area contributed by atoms with E-state index in [2.05, 4.69) is 16.0 Å². The molecule has 10 heteroatoms. The van der Waals surface area contributed by atoms with Crippen molar-refractivity contribution in [3.63, 3.8) is 0 Å². The highest BCUT2D eigenvalue weighted by Gasteiger charge is 2.35. The van der Waals surface area contributed by atoms with E-state index in [1.54, 1.807) is 77.5 Å². The van der Waals surface area contributed by atoms with Gasteiger partial charge in [0.1, 0.15) is 15.2 Å². The molecule has 0 saturated heterocycles. The second kappa shape index (κ2) is 12.7. The lowest BCUT2D eigenvalue weighted by Gasteiger charge is -2.25. The van der Waals surface area contributed by atoms with Gasteiger partial charge in [-0.3, -0.25) is 14.6 Å². The van der Waals surface area contributed by atoms with Crippen molar-refractivity contribution >= 4 is 35.5 Å². The molecule has 4 rings (SSSR count). The summed E-state index contributed by atoms with van der Waals surface area (Å²) >= 11 is 2.46. The van der Waals surface area contributed by atoms with E-state index >= 15 is 0 Å². The van der Waals surface area contributed by atoms with E-state index in [0.717, 1.165) is 33.5 Å². The van der Waals surface area contributed by atoms with E-state index < -0.39 is 21.4 Å². The number of aromatic nitrogens is 2. The lowest BCUT2D eigenvalue weighted by molar-refractivity contribution is -0.139. The average molecular weight is 600 g/mol. The number of carboxylic acid groups (broad SMARTS) is 1. The average Bonchev–Trinajstić information content (AvgIpc) is 2.97. The Bertz CT molecular complexity index is 1650. The number of nitriles is 1. The van der Waals surface area contributed by atoms with Gasteiger partial charge in [-0.15, -0.1) is 23.5 Å². The molecule has 4 aromatic rings. The third-order valence-electron chi connectivity index (χ3n) is 6.29. The van der Waals surface area contributed by atoms with Crippen LogP contribution < -0.4 is 9.47 Å². The third-order valence-corrected chi connectivity index (χ3v) is 8.79. The molecular weight excluding hydrogens is 571 g/mol. The molecule has 0 atom stereocenters. The Morgan fingerprint density at radius 1 is 0.857 bits per heavy atom. The molecule has 2 aromatic heterocycles. The largest absolute Gasteiger partial charge is 0.497 e. The van der Waals surface area contributed by atoms with Crippen molar-refractivity contribution in [1.29, 1.82) is 5.26 Å². The number of hydrogen-bond acceptors (Lipinski definition) is 9. The monoisotopic (exact) mass is 599 g/mol. The van der Waals surface area contributed by atoms with Gasteiger partial charge in [0.2, 0.25) is 5.88 Å². The maximum atomic E-state index is 13.7. The van der Waals surface area contributed by atoms with Gasteiger partial charge >= 0.3 is 11.9 Å². The van der Waals surface area contributed by atoms with Crippen LogP contribution in [0.3, 0.4) is 0 Å². The van der Waals surface area contributed by atoms with Crippen molar-refractivity contribution in [1.82, 2.24) is 9.97 Å². The number of carbonyl (C=O) groups is 2. The predicted molar refractivity (Wildman–Crippen MR) is 164 cm³/mol. The Balaban J connectivity index is 1.68. The van der Waals surface area contributed by atoms with E-state index in [4.69, 9.17) is 9.47 Å². The predicted octanol–water partition coefficient (Wildman–Crippen LogP) is 7.12. The Morgan fingerprint density at radius 2 is 1.48 bits per heavy atom. The summed E-state index contributed by atoms with van der Waals surface area (Å²) in [6, 6.07) is 20.0. The normalized spacial score (nSPS) is 11.4. The number of thioether (sulfide) groups is 2. The fourth-order valence-corrected chi connectivity index (χ4v) is 6.03. The highest BCUT2D eigenvalue weighted by molar-refractivity contribution is 8.01. The molecule has 214 valence electrons. The molecule has 0 fully saturated rings. The van der Waals surface area contributed by atoms with Crippen LogP contribution in [0, 0.1) is 11.3 Å². The van der Waals surface area contributed by atoms with Gasteiger partial charge in [0.05, 0.1) is 24.3 Å². The minimum absolute atomic E-state index is 0.0506. The molecular formula is C32H29N3O5S2. The van der Waals surface area contributed by atoms with E-state index in [1.807, 2.05) is 30.3 Å². The quantitative estimate of drug-likeness (QED) is 0.149. The summed E-state index contributed by atoms with van der Waals surface area (Å²) in [4.78, 5) is 35.7. The third kappa shape index (κ3) is 6.93. The number of carbonyl (C=O) groups excluding carboxylic acids is 1. The van der Waals surface area contributed by atoms with E-state index in [9.17, 15) is 20.0 Å². The van der Waals surface area contributed by atoms with Crippen LogP contribution in [-0.2, 0) is 9.59 Å². The summed E-state index contributed by atoms with van der Waals surface area (Å²) in [5.74, 6) is -0.739. The Morgan fingerprint density at radius 3 is 2.10 bits per heavy atom. The Hall–Kier alpha value is -4.33. The van der Waals surface area contributed by atoms with Crippen LogP contribution in [0.25, 0.3) is 22.3 Å². The van der Waals surface area contributed by atoms with Gasteiger partial charge in [0.25, 0.3) is 0 Å². The first-order valence-electron chi connectivity index (χ1n) is 12.9. The molecule has 1 N–H and O–H groups in total. The second-order valence-corrected chi connectivity index (χ2v) is 13.5. The van der Waals surface area contributed by atoms with Crippen molar-refractivity contribution in [2.24, 2.45) is 0 Å². The fraction of sp³-hybridized carbons (Fsp3) is 0.219. The van der Waals surface area contributed by atoms with Crippen molar-refractivity contribution in [3.8, 4) is 40.0 Å². The molecule has 0 aliphatic carbocycles. The van der Waals surface area contributed by atoms with Crippen LogP contribution >= 0.6 is 23.5 Å². The van der Waals surface area contributed by atoms with Gasteiger partial charge in [-0.2, -0.15) is 5.26 Å². The van der Waals surface area contributed by atoms with Gasteiger partial charge in [-0.25, -0.2) is 4.98 Å². The number of carboxylic acids is 1. The molecule has 0 aliphatic rings. The summed E-state index contributed by atoms with van der Waals surface area (Å²) in [6.45, 7) is 6.74. The van der Waals surface area contributed by atoms with Crippen LogP contribution in [-0.4, -0.2) is 43.6 Å². The Labute approximate surface area is 253 Å². The second-order valence-electron chi connectivity index (χ2n) is 10.2. The van der Waals surface area contributed by atoms with Crippen LogP contribution in [0.2, 0.25) is 0 Å². The minimum Gasteiger partial charge on any atom is -0.497 e. The van der Waals surface area contributed by atoms with E-state index in [0.29, 0.717) is 21.6 Å². The highest BCUT2D eigenvalue weighted by atomic mass is 32.2. The van der Waals surface area contributed by atoms with Crippen LogP contribution in [0.5, 0.6) is 11.6 Å². The molecule has 2 aromatic carbocycles. The highest BCUT2D eigenvalue weighted by Crippen LogP contribution is 2.44. The van der Waals surface area contributed by atoms with Gasteiger partial charge < -0.3 is 14.6 Å². The lowest BCUT2D eigenvalue weighted by atomic mass is 10.1. The molecule has 0 spiro atoms. The van der Waals surface area contributed by atoms with Gasteiger partial charge in [0, 0.05) is 33.9 Å². The maximum absolute atomic E-state index is 13.7. The first-order valence-corrected chi connectivity index (χ1v) is 14.5. The first-order chi connectivity index (χ1) is 19.9. The molecule has 0 amide bonds. The number of aliphatic carboxylic acids is 1. The van der Waals surface area contributed by atoms with Crippen LogP contribution in [0.15, 0.2) is 89.0 Å². The smallest absolute Gasteiger partial charge is 0.328 e. The zero-order chi connectivity index (χ0) is 30.5. The molecule has 0 aliphatic heterocycles. The van der Waals surface area contributed by atoms with Crippen molar-refractivity contribution in [2.75, 3.05) is 7.11 Å². The molecule has 0 bridgehead atoms. The maximum Gasteiger partial charge on any atom is 0.328 e. The Kier molecular flexibility index (Phi) is 9.24. The number of benzene rings is 2. The number of hydrogen-bond donors (Lipinski definition) is 1. The lowest BCUT2D eigenvalue weighted by Crippen LogP contribution is -2.33. The number of esters is 1. The van der Waals surface area contributed by atoms with Gasteiger partial charge in [0.15, 0.2) is 0 Å². The number of ether oxygens (including phenoxy) is 2. The van der Waals surface area contributed by atoms with Crippen molar-refractivity contribution in [2.45, 2.75) is 47.0 Å². The van der Waals surface area contributed by atoms with Gasteiger partial charge in [-0.05, 0) is 75.2 Å². The van der Waals surface area contributed by atoms with E-state index in [-0.39, 0.29) is 5.88 Å². The van der Waals surface area contributed by atoms with Gasteiger partial charge in [-0.1, -0.05) is 24.3 Å². The number of pyridine rings is 2. The summed E-state index contributed by atoms with van der Waals surface area (Å²) < 4.78 is 9.01. The van der Waals surface area contributed by atoms with Crippen molar-refractivity contribution in [3.05, 3.63) is 84.8 Å². The fourth-order valence-electron chi connectivity index (χ4n) is 3.87. The number of methoxy groups -OCH3 is 1. The first kappa shape index (κ1) is 30.6. The summed E-state index contributed by atoms with van der Waals surface area (Å²) in [5.41, 5.74) is 3.35. The number of rotatable bonds is 10. The zero-order valence-corrected chi connectivity index (χ0v) is 25.4. The standard InChI is InChI=1S/C32H29N3O5S2/c1-31(2,29(36)37)42-26-15-17-35-28(27(26)22-8-6-20(18-33)7-9-22)40-30(38)32(3,4)41-25-14-16-34-19-24(25)21-10-12-23(39-5)13-11-21/h6-17,19H,1-5H3,(H,36,37). The molecule has 42 heavy (non-hydrogen) atoms. The molecule has 8 nitrogen and oxygen atoms in total. The molecule has 0 unspecified atom stereocenters. The summed E-state index contributed by atoms with van der Waals surface area (Å²) in [7, 11) is 1.61. The number of nitrogens with zero attached hydrogens (tertiary/aromatic N) is 3. The van der Waals surface area contributed by atoms with Crippen molar-refractivity contribution < 1.29 is 24.2 Å². The van der Waals surface area contributed by atoms with E-state index in [1.165, 1.54) is 18.0 Å². The van der Waals surface area contributed by atoms with Crippen LogP contribution in [0.1, 0.15) is 33.3 Å². The minimum atomic E-state index is -1.17. The summed E-state index contributed by atoms with van der Waals surface area (Å²) in [6.07, 6.45) is 4.91. The topological polar surface area (TPSA) is 122 Å². The van der Waals surface area contributed by atoms with Crippen LogP contribution in [0.4, 0.5) is 0 Å². The summed E-state index contributed by atoms with van der Waals surface area (Å²) in [5, 5.41) is 19.0. The SMILES string of the molecule is COc1ccc(-c2cnccc2SC(C)(C)C(=O)Oc2nccc(SC(C)(C)C(=O)O)c2-c2ccc(C#N)cc2)cc1. The molecule has 0 saturated carbocycles. The molecule has 0 radical (unpaired) electrons. The molecule has 2 heterocycles.